The van der Waals surface area contributed by atoms with E-state index in [0.29, 0.717) is 0 Å². The molecule has 0 radical (unpaired) electrons. The van der Waals surface area contributed by atoms with Gasteiger partial charge in [0.2, 0.25) is 0 Å². The van der Waals surface area contributed by atoms with Crippen molar-refractivity contribution in [2.45, 2.75) is 11.3 Å². The topological polar surface area (TPSA) is 68.1 Å². The number of hydrogen-bond acceptors (Lipinski definition) is 5. The molecule has 0 aliphatic carbocycles. The number of thioether (sulfide) groups is 1. The lowest BCUT2D eigenvalue weighted by atomic mass is 10.2. The Labute approximate surface area is 121 Å². The molecule has 0 saturated heterocycles. The monoisotopic (exact) mass is 289 g/mol. The molecule has 5 nitrogen and oxygen atoms in total. The first-order valence-corrected chi connectivity index (χ1v) is 7.39. The summed E-state index contributed by atoms with van der Waals surface area (Å²) in [5, 5.41) is 13.4. The molecule has 0 saturated carbocycles. The molecule has 1 aliphatic heterocycles. The number of nitrogens with zero attached hydrogens (tertiary/aromatic N) is 2. The summed E-state index contributed by atoms with van der Waals surface area (Å²) < 4.78 is 0. The van der Waals surface area contributed by atoms with Crippen molar-refractivity contribution in [2.24, 2.45) is 0 Å². The van der Waals surface area contributed by atoms with Crippen molar-refractivity contribution in [1.82, 2.24) is 4.98 Å². The van der Waals surface area contributed by atoms with Crippen molar-refractivity contribution >= 4 is 23.3 Å². The number of pyridine rings is 1. The molecule has 1 aromatic heterocycles. The van der Waals surface area contributed by atoms with Crippen molar-refractivity contribution in [3.8, 4) is 0 Å². The lowest BCUT2D eigenvalue weighted by Gasteiger charge is -1.93. The van der Waals surface area contributed by atoms with Crippen molar-refractivity contribution in [2.75, 3.05) is 18.1 Å². The van der Waals surface area contributed by atoms with Crippen LogP contribution in [-0.4, -0.2) is 22.7 Å². The molecule has 0 bridgehead atoms. The number of nitrogens with one attached hydrogen (secondary N) is 1. The van der Waals surface area contributed by atoms with Crippen LogP contribution < -0.4 is 5.32 Å². The minimum atomic E-state index is -0.399. The summed E-state index contributed by atoms with van der Waals surface area (Å²) >= 11 is 1.57. The Morgan fingerprint density at radius 2 is 2.05 bits per heavy atom. The maximum Gasteiger partial charge on any atom is 0.269 e. The molecule has 2 aromatic rings. The maximum absolute atomic E-state index is 10.2. The summed E-state index contributed by atoms with van der Waals surface area (Å²) in [4.78, 5) is 15.0. The zero-order valence-corrected chi connectivity index (χ0v) is 11.9. The van der Waals surface area contributed by atoms with Crippen LogP contribution in [0.1, 0.15) is 5.56 Å². The molecule has 1 aromatic carbocycles. The fourth-order valence-corrected chi connectivity index (χ4v) is 2.23. The van der Waals surface area contributed by atoms with Crippen LogP contribution in [0.4, 0.5) is 11.5 Å². The molecular weight excluding hydrogens is 274 g/mol. The van der Waals surface area contributed by atoms with Crippen LogP contribution in [0.3, 0.4) is 0 Å². The molecule has 1 aliphatic rings. The van der Waals surface area contributed by atoms with Gasteiger partial charge in [-0.1, -0.05) is 6.07 Å². The van der Waals surface area contributed by atoms with Gasteiger partial charge >= 0.3 is 0 Å². The zero-order valence-electron chi connectivity index (χ0n) is 11.1. The fourth-order valence-electron chi connectivity index (χ4n) is 1.82. The predicted octanol–water partition coefficient (Wildman–Crippen LogP) is 3.37. The standard InChI is InChI=1S/C7H8N2.C7H7NO2S/c1-2-6-3-5-9-7(6)8-4-1;1-11-7-4-2-6(3-5-7)8(9)10/h1-2,4H,3,5H2,(H,8,9);2-5H,1H3. The van der Waals surface area contributed by atoms with Crippen LogP contribution in [0.5, 0.6) is 0 Å². The molecular formula is C14H15N3O2S. The van der Waals surface area contributed by atoms with Crippen LogP contribution >= 0.6 is 11.8 Å². The smallest absolute Gasteiger partial charge is 0.269 e. The van der Waals surface area contributed by atoms with Crippen LogP contribution in [0.2, 0.25) is 0 Å². The third-order valence-electron chi connectivity index (χ3n) is 2.86. The predicted molar refractivity (Wildman–Crippen MR) is 81.3 cm³/mol. The Balaban J connectivity index is 0.000000149. The highest BCUT2D eigenvalue weighted by Gasteiger charge is 2.07. The van der Waals surface area contributed by atoms with Gasteiger partial charge < -0.3 is 5.32 Å². The lowest BCUT2D eigenvalue weighted by Crippen LogP contribution is -1.92. The highest BCUT2D eigenvalue weighted by molar-refractivity contribution is 7.98. The summed E-state index contributed by atoms with van der Waals surface area (Å²) in [6.07, 6.45) is 4.88. The van der Waals surface area contributed by atoms with Gasteiger partial charge in [-0.05, 0) is 36.4 Å². The van der Waals surface area contributed by atoms with Gasteiger partial charge in [-0.15, -0.1) is 11.8 Å². The molecule has 1 N–H and O–H groups in total. The average molecular weight is 289 g/mol. The van der Waals surface area contributed by atoms with Gasteiger partial charge in [0.15, 0.2) is 0 Å². The van der Waals surface area contributed by atoms with E-state index in [1.165, 1.54) is 17.7 Å². The van der Waals surface area contributed by atoms with Crippen molar-refractivity contribution in [3.05, 3.63) is 58.3 Å². The summed E-state index contributed by atoms with van der Waals surface area (Å²) in [5.74, 6) is 1.07. The van der Waals surface area contributed by atoms with E-state index < -0.39 is 4.92 Å². The SMILES string of the molecule is CSc1ccc([N+](=O)[O-])cc1.c1cnc2c(c1)CCN2. The van der Waals surface area contributed by atoms with Gasteiger partial charge in [0.1, 0.15) is 5.82 Å². The third-order valence-corrected chi connectivity index (χ3v) is 3.60. The second-order valence-electron chi connectivity index (χ2n) is 4.14. The summed E-state index contributed by atoms with van der Waals surface area (Å²) in [6.45, 7) is 1.05. The number of aromatic nitrogens is 1. The molecule has 0 fully saturated rings. The third kappa shape index (κ3) is 3.71. The molecule has 0 spiro atoms. The Bertz CT molecular complexity index is 564. The minimum Gasteiger partial charge on any atom is -0.370 e. The number of rotatable bonds is 2. The zero-order chi connectivity index (χ0) is 14.4. The van der Waals surface area contributed by atoms with E-state index in [-0.39, 0.29) is 5.69 Å². The highest BCUT2D eigenvalue weighted by atomic mass is 32.2. The molecule has 6 heteroatoms. The largest absolute Gasteiger partial charge is 0.370 e. The number of benzene rings is 1. The van der Waals surface area contributed by atoms with E-state index in [2.05, 4.69) is 16.4 Å². The van der Waals surface area contributed by atoms with Gasteiger partial charge in [0.25, 0.3) is 5.69 Å². The Morgan fingerprint density at radius 1 is 1.30 bits per heavy atom. The molecule has 20 heavy (non-hydrogen) atoms. The minimum absolute atomic E-state index is 0.141. The Kier molecular flexibility index (Phi) is 4.95. The van der Waals surface area contributed by atoms with E-state index in [4.69, 9.17) is 0 Å². The number of anilines is 1. The number of nitro benzene ring substituents is 1. The highest BCUT2D eigenvalue weighted by Crippen LogP contribution is 2.18. The normalized spacial score (nSPS) is 11.8. The van der Waals surface area contributed by atoms with E-state index in [1.807, 2.05) is 18.5 Å². The molecule has 2 heterocycles. The number of fused-ring (bicyclic) bond motifs is 1. The number of nitro groups is 1. The fraction of sp³-hybridized carbons (Fsp3) is 0.214. The molecule has 104 valence electrons. The first kappa shape index (κ1) is 14.3. The molecule has 3 rings (SSSR count). The van der Waals surface area contributed by atoms with Gasteiger partial charge in [-0.25, -0.2) is 4.98 Å². The quantitative estimate of drug-likeness (QED) is 0.521. The van der Waals surface area contributed by atoms with Gasteiger partial charge in [-0.2, -0.15) is 0 Å². The van der Waals surface area contributed by atoms with E-state index in [1.54, 1.807) is 23.9 Å². The Morgan fingerprint density at radius 3 is 2.65 bits per heavy atom. The average Bonchev–Trinajstić information content (AvgIpc) is 2.96. The first-order chi connectivity index (χ1) is 9.70. The van der Waals surface area contributed by atoms with Gasteiger partial charge in [-0.3, -0.25) is 10.1 Å². The van der Waals surface area contributed by atoms with E-state index >= 15 is 0 Å². The van der Waals surface area contributed by atoms with Gasteiger partial charge in [0.05, 0.1) is 4.92 Å². The van der Waals surface area contributed by atoms with Crippen LogP contribution in [0.15, 0.2) is 47.5 Å². The second-order valence-corrected chi connectivity index (χ2v) is 5.02. The van der Waals surface area contributed by atoms with E-state index in [9.17, 15) is 10.1 Å². The molecule has 0 unspecified atom stereocenters. The summed E-state index contributed by atoms with van der Waals surface area (Å²) in [6, 6.07) is 10.6. The first-order valence-electron chi connectivity index (χ1n) is 6.17. The van der Waals surface area contributed by atoms with E-state index in [0.717, 1.165) is 23.7 Å². The second kappa shape index (κ2) is 6.91. The lowest BCUT2D eigenvalue weighted by molar-refractivity contribution is -0.384. The number of non-ortho nitro benzene ring substituents is 1. The van der Waals surface area contributed by atoms with Crippen LogP contribution in [0.25, 0.3) is 0 Å². The maximum atomic E-state index is 10.2. The van der Waals surface area contributed by atoms with Crippen molar-refractivity contribution < 1.29 is 4.92 Å². The van der Waals surface area contributed by atoms with Crippen molar-refractivity contribution in [1.29, 1.82) is 0 Å². The van der Waals surface area contributed by atoms with Gasteiger partial charge in [0, 0.05) is 29.8 Å². The van der Waals surface area contributed by atoms with Crippen LogP contribution in [0, 0.1) is 10.1 Å². The summed E-state index contributed by atoms with van der Waals surface area (Å²) in [5.41, 5.74) is 1.49. The van der Waals surface area contributed by atoms with Crippen LogP contribution in [-0.2, 0) is 6.42 Å². The molecule has 0 atom stereocenters. The summed E-state index contributed by atoms with van der Waals surface area (Å²) in [7, 11) is 0. The van der Waals surface area contributed by atoms with Crippen molar-refractivity contribution in [3.63, 3.8) is 0 Å². The Hall–Kier alpha value is -2.08. The molecule has 0 amide bonds. The number of hydrogen-bond donors (Lipinski definition) is 1.